The normalized spacial score (nSPS) is 11.0. The van der Waals surface area contributed by atoms with Crippen molar-refractivity contribution in [3.8, 4) is 5.69 Å². The van der Waals surface area contributed by atoms with E-state index in [9.17, 15) is 9.90 Å². The fourth-order valence-electron chi connectivity index (χ4n) is 1.91. The van der Waals surface area contributed by atoms with E-state index in [1.165, 1.54) is 0 Å². The zero-order valence-electron chi connectivity index (χ0n) is 10.6. The first kappa shape index (κ1) is 13.1. The van der Waals surface area contributed by atoms with Crippen molar-refractivity contribution in [3.05, 3.63) is 59.9 Å². The van der Waals surface area contributed by atoms with Gasteiger partial charge < -0.3 is 14.4 Å². The third-order valence-corrected chi connectivity index (χ3v) is 2.72. The number of para-hydroxylation sites is 1. The van der Waals surface area contributed by atoms with E-state index in [4.69, 9.17) is 4.74 Å². The first-order valence-corrected chi connectivity index (χ1v) is 5.89. The molecule has 2 aromatic rings. The molecule has 4 nitrogen and oxygen atoms in total. The number of carboxylic acid groups (broad SMARTS) is 1. The van der Waals surface area contributed by atoms with Crippen molar-refractivity contribution in [1.82, 2.24) is 4.57 Å². The zero-order valence-corrected chi connectivity index (χ0v) is 10.6. The van der Waals surface area contributed by atoms with Crippen LogP contribution >= 0.6 is 0 Å². The Hall–Kier alpha value is -2.33. The molecule has 1 aromatic carbocycles. The summed E-state index contributed by atoms with van der Waals surface area (Å²) in [5.74, 6) is -0.939. The second kappa shape index (κ2) is 6.02. The first-order valence-electron chi connectivity index (χ1n) is 5.89. The van der Waals surface area contributed by atoms with E-state index in [0.717, 1.165) is 5.56 Å². The zero-order chi connectivity index (χ0) is 13.7. The maximum atomic E-state index is 11.3. The van der Waals surface area contributed by atoms with Gasteiger partial charge in [-0.2, -0.15) is 0 Å². The number of hydrogen-bond donors (Lipinski definition) is 1. The van der Waals surface area contributed by atoms with Gasteiger partial charge in [-0.3, -0.25) is 0 Å². The maximum Gasteiger partial charge on any atom is 0.337 e. The molecule has 0 bridgehead atoms. The third-order valence-electron chi connectivity index (χ3n) is 2.72. The minimum atomic E-state index is -0.939. The molecule has 0 amide bonds. The van der Waals surface area contributed by atoms with Crippen LogP contribution in [0.4, 0.5) is 0 Å². The van der Waals surface area contributed by atoms with Gasteiger partial charge in [-0.05, 0) is 23.8 Å². The molecular weight excluding hydrogens is 242 g/mol. The SMILES string of the molecule is COC/C=C/c1cccc(C(=O)O)c1-n1cccc1. The van der Waals surface area contributed by atoms with Crippen LogP contribution < -0.4 is 0 Å². The monoisotopic (exact) mass is 257 g/mol. The molecule has 1 N–H and O–H groups in total. The van der Waals surface area contributed by atoms with Crippen molar-refractivity contribution in [2.45, 2.75) is 0 Å². The Balaban J connectivity index is 2.54. The summed E-state index contributed by atoms with van der Waals surface area (Å²) in [5, 5.41) is 9.30. The van der Waals surface area contributed by atoms with Crippen LogP contribution in [0, 0.1) is 0 Å². The molecule has 0 fully saturated rings. The van der Waals surface area contributed by atoms with E-state index >= 15 is 0 Å². The average molecular weight is 257 g/mol. The van der Waals surface area contributed by atoms with Gasteiger partial charge in [0.05, 0.1) is 17.9 Å². The van der Waals surface area contributed by atoms with Crippen molar-refractivity contribution in [1.29, 1.82) is 0 Å². The molecule has 0 spiro atoms. The second-order valence-electron chi connectivity index (χ2n) is 4.00. The topological polar surface area (TPSA) is 51.5 Å². The van der Waals surface area contributed by atoms with E-state index in [2.05, 4.69) is 0 Å². The summed E-state index contributed by atoms with van der Waals surface area (Å²) in [7, 11) is 1.62. The number of carboxylic acids is 1. The number of aromatic carboxylic acids is 1. The summed E-state index contributed by atoms with van der Waals surface area (Å²) >= 11 is 0. The molecule has 0 atom stereocenters. The predicted octanol–water partition coefficient (Wildman–Crippen LogP) is 2.84. The maximum absolute atomic E-state index is 11.3. The first-order chi connectivity index (χ1) is 9.24. The fourth-order valence-corrected chi connectivity index (χ4v) is 1.91. The Labute approximate surface area is 111 Å². The van der Waals surface area contributed by atoms with Gasteiger partial charge in [0, 0.05) is 19.5 Å². The van der Waals surface area contributed by atoms with E-state index < -0.39 is 5.97 Å². The lowest BCUT2D eigenvalue weighted by Crippen LogP contribution is -2.06. The Bertz CT molecular complexity index is 585. The summed E-state index contributed by atoms with van der Waals surface area (Å²) in [5.41, 5.74) is 1.77. The van der Waals surface area contributed by atoms with Crippen LogP contribution in [0.2, 0.25) is 0 Å². The van der Waals surface area contributed by atoms with Gasteiger partial charge in [0.1, 0.15) is 0 Å². The van der Waals surface area contributed by atoms with Crippen molar-refractivity contribution >= 4 is 12.0 Å². The molecule has 98 valence electrons. The van der Waals surface area contributed by atoms with Gasteiger partial charge in [0.25, 0.3) is 0 Å². The summed E-state index contributed by atoms with van der Waals surface area (Å²) in [6.45, 7) is 0.489. The summed E-state index contributed by atoms with van der Waals surface area (Å²) < 4.78 is 6.76. The number of carbonyl (C=O) groups is 1. The molecule has 1 heterocycles. The number of aromatic nitrogens is 1. The number of hydrogen-bond acceptors (Lipinski definition) is 2. The molecule has 0 aliphatic rings. The molecule has 0 aliphatic heterocycles. The van der Waals surface area contributed by atoms with Crippen molar-refractivity contribution < 1.29 is 14.6 Å². The van der Waals surface area contributed by atoms with Crippen LogP contribution in [0.15, 0.2) is 48.8 Å². The molecule has 4 heteroatoms. The highest BCUT2D eigenvalue weighted by atomic mass is 16.5. The average Bonchev–Trinajstić information content (AvgIpc) is 2.92. The van der Waals surface area contributed by atoms with Crippen LogP contribution in [-0.4, -0.2) is 29.4 Å². The van der Waals surface area contributed by atoms with Gasteiger partial charge in [-0.15, -0.1) is 0 Å². The van der Waals surface area contributed by atoms with Crippen LogP contribution in [0.1, 0.15) is 15.9 Å². The summed E-state index contributed by atoms with van der Waals surface area (Å²) in [6, 6.07) is 8.95. The Morgan fingerprint density at radius 1 is 1.32 bits per heavy atom. The van der Waals surface area contributed by atoms with Gasteiger partial charge in [-0.25, -0.2) is 4.79 Å². The molecule has 0 saturated carbocycles. The van der Waals surface area contributed by atoms with E-state index in [1.807, 2.05) is 42.7 Å². The minimum Gasteiger partial charge on any atom is -0.478 e. The molecule has 19 heavy (non-hydrogen) atoms. The lowest BCUT2D eigenvalue weighted by Gasteiger charge is -2.11. The van der Waals surface area contributed by atoms with Crippen molar-refractivity contribution in [2.75, 3.05) is 13.7 Å². The molecule has 0 unspecified atom stereocenters. The summed E-state index contributed by atoms with van der Waals surface area (Å²) in [4.78, 5) is 11.3. The van der Waals surface area contributed by atoms with E-state index in [0.29, 0.717) is 12.3 Å². The Morgan fingerprint density at radius 3 is 2.68 bits per heavy atom. The fraction of sp³-hybridized carbons (Fsp3) is 0.133. The molecular formula is C15H15NO3. The predicted molar refractivity (Wildman–Crippen MR) is 73.6 cm³/mol. The van der Waals surface area contributed by atoms with E-state index in [1.54, 1.807) is 23.8 Å². The van der Waals surface area contributed by atoms with Crippen molar-refractivity contribution in [2.24, 2.45) is 0 Å². The number of benzene rings is 1. The number of methoxy groups -OCH3 is 1. The van der Waals surface area contributed by atoms with Gasteiger partial charge >= 0.3 is 5.97 Å². The van der Waals surface area contributed by atoms with Gasteiger partial charge in [-0.1, -0.05) is 24.3 Å². The second-order valence-corrected chi connectivity index (χ2v) is 4.00. The van der Waals surface area contributed by atoms with E-state index in [-0.39, 0.29) is 5.56 Å². The van der Waals surface area contributed by atoms with Crippen LogP contribution in [-0.2, 0) is 4.74 Å². The van der Waals surface area contributed by atoms with Gasteiger partial charge in [0.15, 0.2) is 0 Å². The van der Waals surface area contributed by atoms with Crippen LogP contribution in [0.3, 0.4) is 0 Å². The van der Waals surface area contributed by atoms with Gasteiger partial charge in [0.2, 0.25) is 0 Å². The standard InChI is InChI=1S/C15H15NO3/c1-19-11-5-7-12-6-4-8-13(15(17)18)14(12)16-9-2-3-10-16/h2-10H,11H2,1H3,(H,17,18)/b7-5+. The Morgan fingerprint density at radius 2 is 2.05 bits per heavy atom. The number of rotatable bonds is 5. The largest absolute Gasteiger partial charge is 0.478 e. The molecule has 0 saturated heterocycles. The minimum absolute atomic E-state index is 0.274. The summed E-state index contributed by atoms with van der Waals surface area (Å²) in [6.07, 6.45) is 7.38. The van der Waals surface area contributed by atoms with Crippen molar-refractivity contribution in [3.63, 3.8) is 0 Å². The number of nitrogens with zero attached hydrogens (tertiary/aromatic N) is 1. The molecule has 0 aliphatic carbocycles. The lowest BCUT2D eigenvalue weighted by atomic mass is 10.1. The highest BCUT2D eigenvalue weighted by molar-refractivity contribution is 5.93. The smallest absolute Gasteiger partial charge is 0.337 e. The third kappa shape index (κ3) is 2.92. The molecule has 2 rings (SSSR count). The lowest BCUT2D eigenvalue weighted by molar-refractivity contribution is 0.0697. The molecule has 0 radical (unpaired) electrons. The highest BCUT2D eigenvalue weighted by Crippen LogP contribution is 2.21. The highest BCUT2D eigenvalue weighted by Gasteiger charge is 2.13. The molecule has 1 aromatic heterocycles. The quantitative estimate of drug-likeness (QED) is 0.896. The number of ether oxygens (including phenoxy) is 1. The van der Waals surface area contributed by atoms with Crippen LogP contribution in [0.5, 0.6) is 0 Å². The Kier molecular flexibility index (Phi) is 4.15. The van der Waals surface area contributed by atoms with Crippen LogP contribution in [0.25, 0.3) is 11.8 Å².